The van der Waals surface area contributed by atoms with Crippen LogP contribution in [0.25, 0.3) is 0 Å². The second-order valence-corrected chi connectivity index (χ2v) is 10.1. The molecule has 4 rings (SSSR count). The van der Waals surface area contributed by atoms with Gasteiger partial charge in [0, 0.05) is 16.7 Å². The molecule has 3 saturated carbocycles. The minimum Gasteiger partial charge on any atom is -0.392 e. The maximum atomic E-state index is 12.4. The summed E-state index contributed by atoms with van der Waals surface area (Å²) in [5, 5.41) is 11.5. The fourth-order valence-corrected chi connectivity index (χ4v) is 7.65. The Balaban J connectivity index is 1.85. The highest BCUT2D eigenvalue weighted by atomic mass is 16.3. The molecule has 0 amide bonds. The van der Waals surface area contributed by atoms with Crippen LogP contribution in [0.15, 0.2) is 23.8 Å². The predicted molar refractivity (Wildman–Crippen MR) is 102 cm³/mol. The van der Waals surface area contributed by atoms with Crippen molar-refractivity contribution in [2.45, 2.75) is 65.9 Å². The van der Waals surface area contributed by atoms with Crippen molar-refractivity contribution in [2.75, 3.05) is 0 Å². The van der Waals surface area contributed by atoms with Crippen molar-refractivity contribution in [1.82, 2.24) is 0 Å². The van der Waals surface area contributed by atoms with Crippen LogP contribution in [0.3, 0.4) is 0 Å². The molecule has 0 aromatic rings. The number of ketones is 2. The molecule has 0 heterocycles. The molecule has 4 aliphatic carbocycles. The van der Waals surface area contributed by atoms with Crippen LogP contribution in [-0.4, -0.2) is 29.1 Å². The summed E-state index contributed by atoms with van der Waals surface area (Å²) in [6.07, 6.45) is 9.19. The first-order chi connectivity index (χ1) is 12.5. The monoisotopic (exact) mass is 370 g/mol. The summed E-state index contributed by atoms with van der Waals surface area (Å²) in [4.78, 5) is 35.6. The first-order valence-corrected chi connectivity index (χ1v) is 10.2. The van der Waals surface area contributed by atoms with Crippen molar-refractivity contribution >= 4 is 17.9 Å². The van der Waals surface area contributed by atoms with Crippen LogP contribution in [-0.2, 0) is 14.4 Å². The van der Waals surface area contributed by atoms with Gasteiger partial charge in [0.15, 0.2) is 17.9 Å². The van der Waals surface area contributed by atoms with E-state index in [9.17, 15) is 19.5 Å². The highest BCUT2D eigenvalue weighted by molar-refractivity contribution is 6.26. The van der Waals surface area contributed by atoms with Gasteiger partial charge in [-0.1, -0.05) is 39.3 Å². The Morgan fingerprint density at radius 2 is 1.89 bits per heavy atom. The average molecular weight is 370 g/mol. The van der Waals surface area contributed by atoms with Gasteiger partial charge in [-0.2, -0.15) is 0 Å². The lowest BCUT2D eigenvalue weighted by molar-refractivity contribution is -0.212. The molecule has 4 aliphatic rings. The fraction of sp³-hybridized carbons (Fsp3) is 0.696. The molecule has 0 aliphatic heterocycles. The number of allylic oxidation sites excluding steroid dienone is 4. The molecule has 0 saturated heterocycles. The Kier molecular flexibility index (Phi) is 3.83. The number of rotatable bonds is 2. The van der Waals surface area contributed by atoms with E-state index in [1.54, 1.807) is 12.2 Å². The van der Waals surface area contributed by atoms with Crippen molar-refractivity contribution in [3.63, 3.8) is 0 Å². The Hall–Kier alpha value is -1.55. The van der Waals surface area contributed by atoms with Gasteiger partial charge >= 0.3 is 0 Å². The number of aliphatic hydroxyl groups excluding tert-OH is 1. The second kappa shape index (κ2) is 5.50. The summed E-state index contributed by atoms with van der Waals surface area (Å²) >= 11 is 0. The number of aliphatic hydroxyl groups is 1. The van der Waals surface area contributed by atoms with Crippen LogP contribution in [0, 0.1) is 33.5 Å². The van der Waals surface area contributed by atoms with E-state index in [0.29, 0.717) is 12.7 Å². The highest BCUT2D eigenvalue weighted by Gasteiger charge is 2.72. The molecule has 146 valence electrons. The SMILES string of the molecule is CC12C=CC(=O)C=C1CCC1C3(C)CCC(C(=O)C=O)C3(C)CC(O)C12C. The minimum absolute atomic E-state index is 0.0309. The van der Waals surface area contributed by atoms with E-state index in [1.165, 1.54) is 0 Å². The standard InChI is InChI=1S/C23H30O4/c1-20-9-7-15(25)11-14(20)5-6-18-21(2)10-8-16(17(26)13-24)22(21,3)12-19(27)23(18,20)4/h7,9,11,13,16,18-19,27H,5-6,8,10,12H2,1-4H3. The summed E-state index contributed by atoms with van der Waals surface area (Å²) in [6, 6.07) is 0. The maximum absolute atomic E-state index is 12.4. The molecule has 7 unspecified atom stereocenters. The van der Waals surface area contributed by atoms with E-state index < -0.39 is 11.5 Å². The van der Waals surface area contributed by atoms with Crippen LogP contribution in [0.4, 0.5) is 0 Å². The topological polar surface area (TPSA) is 71.4 Å². The van der Waals surface area contributed by atoms with Crippen LogP contribution in [0.5, 0.6) is 0 Å². The van der Waals surface area contributed by atoms with Gasteiger partial charge in [-0.25, -0.2) is 0 Å². The third kappa shape index (κ3) is 2.00. The summed E-state index contributed by atoms with van der Waals surface area (Å²) < 4.78 is 0. The molecular formula is C23H30O4. The molecular weight excluding hydrogens is 340 g/mol. The average Bonchev–Trinajstić information content (AvgIpc) is 2.88. The number of aldehydes is 1. The predicted octanol–water partition coefficient (Wildman–Crippen LogP) is 3.43. The van der Waals surface area contributed by atoms with Gasteiger partial charge in [-0.3, -0.25) is 14.4 Å². The minimum atomic E-state index is -0.591. The first kappa shape index (κ1) is 18.8. The highest BCUT2D eigenvalue weighted by Crippen LogP contribution is 2.75. The summed E-state index contributed by atoms with van der Waals surface area (Å²) in [5.41, 5.74) is -0.130. The van der Waals surface area contributed by atoms with E-state index in [2.05, 4.69) is 27.7 Å². The number of Topliss-reactive ketones (excluding diaryl/α,β-unsaturated/α-hetero) is 1. The number of hydrogen-bond acceptors (Lipinski definition) is 4. The number of carbonyl (C=O) groups is 3. The smallest absolute Gasteiger partial charge is 0.198 e. The molecule has 4 nitrogen and oxygen atoms in total. The molecule has 4 heteroatoms. The summed E-state index contributed by atoms with van der Waals surface area (Å²) in [6.45, 7) is 8.72. The molecule has 0 bridgehead atoms. The van der Waals surface area contributed by atoms with Gasteiger partial charge in [0.1, 0.15) is 0 Å². The largest absolute Gasteiger partial charge is 0.392 e. The lowest BCUT2D eigenvalue weighted by atomic mass is 9.36. The lowest BCUT2D eigenvalue weighted by Gasteiger charge is -2.68. The van der Waals surface area contributed by atoms with Crippen molar-refractivity contribution < 1.29 is 19.5 Å². The molecule has 27 heavy (non-hydrogen) atoms. The van der Waals surface area contributed by atoms with E-state index in [1.807, 2.05) is 6.08 Å². The normalized spacial score (nSPS) is 51.1. The van der Waals surface area contributed by atoms with Gasteiger partial charge < -0.3 is 5.11 Å². The van der Waals surface area contributed by atoms with Gasteiger partial charge in [-0.15, -0.1) is 0 Å². The second-order valence-electron chi connectivity index (χ2n) is 10.1. The molecule has 0 aromatic heterocycles. The number of fused-ring (bicyclic) bond motifs is 5. The third-order valence-electron chi connectivity index (χ3n) is 9.67. The molecule has 0 radical (unpaired) electrons. The Morgan fingerprint density at radius 3 is 2.56 bits per heavy atom. The Morgan fingerprint density at radius 1 is 1.19 bits per heavy atom. The van der Waals surface area contributed by atoms with E-state index >= 15 is 0 Å². The zero-order chi connectivity index (χ0) is 19.8. The summed E-state index contributed by atoms with van der Waals surface area (Å²) in [5.74, 6) is -0.359. The molecule has 0 aromatic carbocycles. The van der Waals surface area contributed by atoms with Crippen LogP contribution in [0.2, 0.25) is 0 Å². The molecule has 0 spiro atoms. The van der Waals surface area contributed by atoms with Gasteiger partial charge in [0.05, 0.1) is 6.10 Å². The molecule has 7 atom stereocenters. The first-order valence-electron chi connectivity index (χ1n) is 10.2. The molecule has 3 fully saturated rings. The zero-order valence-electron chi connectivity index (χ0n) is 16.7. The van der Waals surface area contributed by atoms with Crippen molar-refractivity contribution in [1.29, 1.82) is 0 Å². The van der Waals surface area contributed by atoms with Crippen LogP contribution < -0.4 is 0 Å². The quantitative estimate of drug-likeness (QED) is 0.597. The fourth-order valence-electron chi connectivity index (χ4n) is 7.65. The van der Waals surface area contributed by atoms with Crippen molar-refractivity contribution in [2.24, 2.45) is 33.5 Å². The van der Waals surface area contributed by atoms with Gasteiger partial charge in [0.2, 0.25) is 0 Å². The molecule has 1 N–H and O–H groups in total. The van der Waals surface area contributed by atoms with Gasteiger partial charge in [-0.05, 0) is 61.0 Å². The lowest BCUT2D eigenvalue weighted by Crippen LogP contribution is -2.66. The number of hydrogen-bond donors (Lipinski definition) is 1. The Bertz CT molecular complexity index is 794. The van der Waals surface area contributed by atoms with Crippen LogP contribution >= 0.6 is 0 Å². The van der Waals surface area contributed by atoms with E-state index in [4.69, 9.17) is 0 Å². The van der Waals surface area contributed by atoms with E-state index in [0.717, 1.165) is 31.3 Å². The van der Waals surface area contributed by atoms with Gasteiger partial charge in [0.25, 0.3) is 0 Å². The zero-order valence-corrected chi connectivity index (χ0v) is 16.7. The Labute approximate surface area is 161 Å². The summed E-state index contributed by atoms with van der Waals surface area (Å²) in [7, 11) is 0. The van der Waals surface area contributed by atoms with Crippen molar-refractivity contribution in [3.8, 4) is 0 Å². The van der Waals surface area contributed by atoms with Crippen molar-refractivity contribution in [3.05, 3.63) is 23.8 Å². The van der Waals surface area contributed by atoms with E-state index in [-0.39, 0.29) is 39.6 Å². The van der Waals surface area contributed by atoms with Crippen LogP contribution in [0.1, 0.15) is 59.8 Å². The maximum Gasteiger partial charge on any atom is 0.198 e. The third-order valence-corrected chi connectivity index (χ3v) is 9.67. The number of carbonyl (C=O) groups excluding carboxylic acids is 3.